The van der Waals surface area contributed by atoms with Gasteiger partial charge in [0.25, 0.3) is 0 Å². The Morgan fingerprint density at radius 3 is 1.74 bits per heavy atom. The third kappa shape index (κ3) is 4.44. The monoisotopic (exact) mass is 590 g/mol. The summed E-state index contributed by atoms with van der Waals surface area (Å²) in [6, 6.07) is 54.9. The summed E-state index contributed by atoms with van der Waals surface area (Å²) < 4.78 is 6.69. The minimum Gasteiger partial charge on any atom is -0.457 e. The summed E-state index contributed by atoms with van der Waals surface area (Å²) in [4.78, 5) is 15.1. The van der Waals surface area contributed by atoms with E-state index in [0.29, 0.717) is 23.0 Å². The van der Waals surface area contributed by atoms with Crippen molar-refractivity contribution in [1.82, 2.24) is 15.0 Å². The van der Waals surface area contributed by atoms with Crippen molar-refractivity contribution in [3.05, 3.63) is 186 Å². The maximum atomic E-state index is 9.64. The summed E-state index contributed by atoms with van der Waals surface area (Å²) in [5.41, 5.74) is 6.42. The van der Waals surface area contributed by atoms with E-state index in [1.165, 1.54) is 0 Å². The fourth-order valence-corrected chi connectivity index (χ4v) is 6.52. The molecule has 216 valence electrons. The molecule has 0 unspecified atom stereocenters. The van der Waals surface area contributed by atoms with Gasteiger partial charge >= 0.3 is 0 Å². The molecule has 6 aromatic carbocycles. The van der Waals surface area contributed by atoms with E-state index in [0.717, 1.165) is 50.4 Å². The molecule has 0 radical (unpaired) electrons. The Morgan fingerprint density at radius 2 is 1.04 bits per heavy atom. The summed E-state index contributed by atoms with van der Waals surface area (Å²) in [7, 11) is 0. The van der Waals surface area contributed by atoms with Gasteiger partial charge in [0.2, 0.25) is 0 Å². The van der Waals surface area contributed by atoms with Gasteiger partial charge in [0.15, 0.2) is 17.5 Å². The van der Waals surface area contributed by atoms with Crippen molar-refractivity contribution >= 4 is 0 Å². The Labute approximate surface area is 267 Å². The number of benzene rings is 6. The van der Waals surface area contributed by atoms with Crippen molar-refractivity contribution in [2.45, 2.75) is 5.41 Å². The minimum atomic E-state index is -0.746. The van der Waals surface area contributed by atoms with E-state index < -0.39 is 5.41 Å². The van der Waals surface area contributed by atoms with Crippen LogP contribution in [0.2, 0.25) is 0 Å². The standard InChI is InChI=1S/C41H26N4O/c42-27-28-14-12-17-30(26-28)39-43-38(29-15-4-1-5-16-29)44-40(45-39)33-22-13-25-36-37(33)41(31-18-6-2-7-19-31,32-20-8-3-9-21-32)34-23-10-11-24-35(34)46-36/h1-26H. The smallest absolute Gasteiger partial charge is 0.164 e. The lowest BCUT2D eigenvalue weighted by Gasteiger charge is -2.42. The molecular weight excluding hydrogens is 564 g/mol. The van der Waals surface area contributed by atoms with Gasteiger partial charge in [-0.3, -0.25) is 0 Å². The molecule has 0 saturated heterocycles. The Bertz CT molecular complexity index is 2200. The van der Waals surface area contributed by atoms with E-state index >= 15 is 0 Å². The predicted molar refractivity (Wildman–Crippen MR) is 179 cm³/mol. The van der Waals surface area contributed by atoms with Crippen molar-refractivity contribution in [1.29, 1.82) is 5.26 Å². The van der Waals surface area contributed by atoms with Crippen molar-refractivity contribution in [3.63, 3.8) is 0 Å². The van der Waals surface area contributed by atoms with Crippen LogP contribution in [0.5, 0.6) is 11.5 Å². The third-order valence-corrected chi connectivity index (χ3v) is 8.48. The SMILES string of the molecule is N#Cc1cccc(-c2nc(-c3ccccc3)nc(-c3cccc4c3C(c3ccccc3)(c3ccccc3)c3ccccc3O4)n2)c1. The lowest BCUT2D eigenvalue weighted by atomic mass is 9.62. The molecule has 0 fully saturated rings. The number of nitrogens with zero attached hydrogens (tertiary/aromatic N) is 4. The van der Waals surface area contributed by atoms with Gasteiger partial charge in [0, 0.05) is 27.8 Å². The van der Waals surface area contributed by atoms with Gasteiger partial charge in [-0.2, -0.15) is 5.26 Å². The summed E-state index contributed by atoms with van der Waals surface area (Å²) in [6.07, 6.45) is 0. The number of fused-ring (bicyclic) bond motifs is 2. The summed E-state index contributed by atoms with van der Waals surface area (Å²) in [6.45, 7) is 0. The average Bonchev–Trinajstić information content (AvgIpc) is 3.14. The van der Waals surface area contributed by atoms with Crippen LogP contribution in [0.3, 0.4) is 0 Å². The summed E-state index contributed by atoms with van der Waals surface area (Å²) in [5.74, 6) is 3.08. The Balaban J connectivity index is 1.48. The van der Waals surface area contributed by atoms with Crippen molar-refractivity contribution in [2.75, 3.05) is 0 Å². The fourth-order valence-electron chi connectivity index (χ4n) is 6.52. The normalized spacial score (nSPS) is 12.7. The summed E-state index contributed by atoms with van der Waals surface area (Å²) >= 11 is 0. The Kier molecular flexibility index (Phi) is 6.67. The first kappa shape index (κ1) is 27.2. The van der Waals surface area contributed by atoms with E-state index in [4.69, 9.17) is 19.7 Å². The molecule has 46 heavy (non-hydrogen) atoms. The zero-order valence-electron chi connectivity index (χ0n) is 24.7. The molecular formula is C41H26N4O. The number of rotatable bonds is 5. The molecule has 1 aromatic heterocycles. The van der Waals surface area contributed by atoms with Crippen LogP contribution < -0.4 is 4.74 Å². The van der Waals surface area contributed by atoms with Gasteiger partial charge in [-0.1, -0.05) is 133 Å². The van der Waals surface area contributed by atoms with Crippen LogP contribution in [0, 0.1) is 11.3 Å². The highest BCUT2D eigenvalue weighted by atomic mass is 16.5. The Morgan fingerprint density at radius 1 is 0.500 bits per heavy atom. The van der Waals surface area contributed by atoms with E-state index in [1.807, 2.05) is 84.9 Å². The van der Waals surface area contributed by atoms with Crippen molar-refractivity contribution < 1.29 is 4.74 Å². The predicted octanol–water partition coefficient (Wildman–Crippen LogP) is 9.23. The second kappa shape index (κ2) is 11.3. The average molecular weight is 591 g/mol. The van der Waals surface area contributed by atoms with Crippen LogP contribution in [-0.2, 0) is 5.41 Å². The van der Waals surface area contributed by atoms with Gasteiger partial charge in [-0.15, -0.1) is 0 Å². The fraction of sp³-hybridized carbons (Fsp3) is 0.0244. The van der Waals surface area contributed by atoms with Gasteiger partial charge in [-0.05, 0) is 35.4 Å². The molecule has 0 atom stereocenters. The highest BCUT2D eigenvalue weighted by Gasteiger charge is 2.47. The van der Waals surface area contributed by atoms with Crippen LogP contribution in [0.4, 0.5) is 0 Å². The quantitative estimate of drug-likeness (QED) is 0.200. The molecule has 8 rings (SSSR count). The largest absolute Gasteiger partial charge is 0.457 e. The van der Waals surface area contributed by atoms with Crippen molar-refractivity contribution in [3.8, 4) is 51.7 Å². The number of hydrogen-bond acceptors (Lipinski definition) is 5. The first-order chi connectivity index (χ1) is 22.8. The number of nitriles is 1. The van der Waals surface area contributed by atoms with Crippen LogP contribution in [0.15, 0.2) is 158 Å². The van der Waals surface area contributed by atoms with Crippen LogP contribution in [0.25, 0.3) is 34.2 Å². The molecule has 1 aliphatic rings. The third-order valence-electron chi connectivity index (χ3n) is 8.48. The minimum absolute atomic E-state index is 0.487. The molecule has 0 spiro atoms. The van der Waals surface area contributed by atoms with E-state index in [9.17, 15) is 5.26 Å². The molecule has 5 nitrogen and oxygen atoms in total. The molecule has 2 heterocycles. The molecule has 7 aromatic rings. The van der Waals surface area contributed by atoms with E-state index in [2.05, 4.69) is 72.8 Å². The first-order valence-electron chi connectivity index (χ1n) is 15.1. The van der Waals surface area contributed by atoms with Crippen LogP contribution in [0.1, 0.15) is 27.8 Å². The second-order valence-corrected chi connectivity index (χ2v) is 11.1. The molecule has 0 N–H and O–H groups in total. The number of hydrogen-bond donors (Lipinski definition) is 0. The molecule has 0 bridgehead atoms. The molecule has 0 aliphatic carbocycles. The van der Waals surface area contributed by atoms with Gasteiger partial charge in [0.05, 0.1) is 17.0 Å². The molecule has 0 saturated carbocycles. The number of ether oxygens (including phenoxy) is 1. The van der Waals surface area contributed by atoms with Crippen molar-refractivity contribution in [2.24, 2.45) is 0 Å². The van der Waals surface area contributed by atoms with Gasteiger partial charge < -0.3 is 4.74 Å². The lowest BCUT2D eigenvalue weighted by molar-refractivity contribution is 0.435. The van der Waals surface area contributed by atoms with Crippen LogP contribution in [-0.4, -0.2) is 15.0 Å². The maximum absolute atomic E-state index is 9.64. The molecule has 1 aliphatic heterocycles. The second-order valence-electron chi connectivity index (χ2n) is 11.1. The van der Waals surface area contributed by atoms with E-state index in [-0.39, 0.29) is 0 Å². The Hall–Kier alpha value is -6.38. The zero-order valence-corrected chi connectivity index (χ0v) is 24.7. The molecule has 0 amide bonds. The van der Waals surface area contributed by atoms with Gasteiger partial charge in [0.1, 0.15) is 11.5 Å². The maximum Gasteiger partial charge on any atom is 0.164 e. The first-order valence-corrected chi connectivity index (χ1v) is 15.1. The highest BCUT2D eigenvalue weighted by Crippen LogP contribution is 2.57. The highest BCUT2D eigenvalue weighted by molar-refractivity contribution is 5.79. The van der Waals surface area contributed by atoms with E-state index in [1.54, 1.807) is 6.07 Å². The van der Waals surface area contributed by atoms with Gasteiger partial charge in [-0.25, -0.2) is 15.0 Å². The molecule has 5 heteroatoms. The summed E-state index contributed by atoms with van der Waals surface area (Å²) in [5, 5.41) is 9.64. The number of aromatic nitrogens is 3. The number of para-hydroxylation sites is 1. The van der Waals surface area contributed by atoms with Crippen LogP contribution >= 0.6 is 0 Å². The lowest BCUT2D eigenvalue weighted by Crippen LogP contribution is -2.35. The topological polar surface area (TPSA) is 71.7 Å². The zero-order chi connectivity index (χ0) is 30.9.